The molecule has 0 spiro atoms. The zero-order chi connectivity index (χ0) is 21.8. The maximum atomic E-state index is 12.3. The Morgan fingerprint density at radius 1 is 1.10 bits per heavy atom. The normalized spacial score (nSPS) is 14.5. The third kappa shape index (κ3) is 5.04. The topological polar surface area (TPSA) is 98.6 Å². The number of aliphatic hydroxyl groups excluding tert-OH is 1. The minimum absolute atomic E-state index is 0.111. The summed E-state index contributed by atoms with van der Waals surface area (Å²) in [4.78, 5) is 25.4. The molecule has 1 aliphatic rings. The molecule has 1 aliphatic heterocycles. The summed E-state index contributed by atoms with van der Waals surface area (Å²) in [5, 5.41) is 15.5. The van der Waals surface area contributed by atoms with E-state index in [9.17, 15) is 9.90 Å². The summed E-state index contributed by atoms with van der Waals surface area (Å²) in [5.74, 6) is 0.918. The molecule has 9 nitrogen and oxygen atoms in total. The molecule has 31 heavy (non-hydrogen) atoms. The van der Waals surface area contributed by atoms with Crippen molar-refractivity contribution >= 4 is 44.8 Å². The first-order chi connectivity index (χ1) is 15.0. The van der Waals surface area contributed by atoms with Crippen LogP contribution >= 0.6 is 15.9 Å². The molecule has 0 saturated carbocycles. The van der Waals surface area contributed by atoms with Crippen LogP contribution in [0.4, 0.5) is 28.8 Å². The van der Waals surface area contributed by atoms with E-state index in [2.05, 4.69) is 53.6 Å². The Balaban J connectivity index is 1.45. The second-order valence-electron chi connectivity index (χ2n) is 7.27. The molecule has 0 bridgehead atoms. The van der Waals surface area contributed by atoms with Crippen LogP contribution in [0.5, 0.6) is 0 Å². The molecule has 0 atom stereocenters. The zero-order valence-corrected chi connectivity index (χ0v) is 18.7. The highest BCUT2D eigenvalue weighted by molar-refractivity contribution is 9.10. The summed E-state index contributed by atoms with van der Waals surface area (Å²) in [5.41, 5.74) is 2.29. The minimum Gasteiger partial charge on any atom is -0.381 e. The lowest BCUT2D eigenvalue weighted by atomic mass is 10.2. The van der Waals surface area contributed by atoms with Crippen molar-refractivity contribution in [2.45, 2.75) is 0 Å². The highest BCUT2D eigenvalue weighted by Gasteiger charge is 2.16. The average Bonchev–Trinajstić information content (AvgIpc) is 2.80. The molecule has 0 radical (unpaired) electrons. The highest BCUT2D eigenvalue weighted by atomic mass is 79.9. The summed E-state index contributed by atoms with van der Waals surface area (Å²) >= 11 is 3.43. The van der Waals surface area contributed by atoms with Crippen LogP contribution in [-0.2, 0) is 7.05 Å². The van der Waals surface area contributed by atoms with Crippen LogP contribution in [0.2, 0.25) is 0 Å². The average molecular weight is 486 g/mol. The van der Waals surface area contributed by atoms with Gasteiger partial charge in [-0.1, -0.05) is 0 Å². The highest BCUT2D eigenvalue weighted by Crippen LogP contribution is 2.25. The van der Waals surface area contributed by atoms with Gasteiger partial charge in [0.25, 0.3) is 5.56 Å². The van der Waals surface area contributed by atoms with Gasteiger partial charge in [-0.05, 0) is 52.3 Å². The van der Waals surface area contributed by atoms with Crippen LogP contribution in [0, 0.1) is 0 Å². The van der Waals surface area contributed by atoms with Crippen molar-refractivity contribution in [3.8, 4) is 0 Å². The number of benzene rings is 1. The number of pyridine rings is 1. The molecule has 0 unspecified atom stereocenters. The molecular formula is C21H24BrN7O2. The first-order valence-electron chi connectivity index (χ1n) is 9.94. The van der Waals surface area contributed by atoms with Crippen LogP contribution in [0.1, 0.15) is 0 Å². The van der Waals surface area contributed by atoms with Crippen LogP contribution < -0.4 is 21.1 Å². The monoisotopic (exact) mass is 485 g/mol. The smallest absolute Gasteiger partial charge is 0.274 e. The van der Waals surface area contributed by atoms with E-state index in [-0.39, 0.29) is 12.3 Å². The number of nitrogens with zero attached hydrogens (tertiary/aromatic N) is 5. The number of anilines is 5. The molecule has 1 aromatic carbocycles. The van der Waals surface area contributed by atoms with Gasteiger partial charge in [0.15, 0.2) is 5.82 Å². The first-order valence-corrected chi connectivity index (χ1v) is 10.7. The van der Waals surface area contributed by atoms with Gasteiger partial charge in [-0.15, -0.1) is 0 Å². The van der Waals surface area contributed by atoms with Crippen LogP contribution in [0.25, 0.3) is 0 Å². The Labute approximate surface area is 188 Å². The van der Waals surface area contributed by atoms with E-state index in [0.717, 1.165) is 37.6 Å². The summed E-state index contributed by atoms with van der Waals surface area (Å²) in [6.45, 7) is 3.58. The van der Waals surface area contributed by atoms with Crippen molar-refractivity contribution in [1.82, 2.24) is 19.4 Å². The van der Waals surface area contributed by atoms with Gasteiger partial charge in [0.05, 0.1) is 11.2 Å². The fraction of sp³-hybridized carbons (Fsp3) is 0.286. The lowest BCUT2D eigenvalue weighted by Gasteiger charge is -2.35. The Morgan fingerprint density at radius 2 is 1.84 bits per heavy atom. The zero-order valence-electron chi connectivity index (χ0n) is 17.1. The second kappa shape index (κ2) is 9.46. The lowest BCUT2D eigenvalue weighted by molar-refractivity contribution is 0.102. The number of aliphatic hydroxyl groups is 1. The van der Waals surface area contributed by atoms with E-state index in [4.69, 9.17) is 0 Å². The van der Waals surface area contributed by atoms with Gasteiger partial charge < -0.3 is 25.2 Å². The molecule has 10 heteroatoms. The molecule has 4 rings (SSSR count). The van der Waals surface area contributed by atoms with Gasteiger partial charge in [0.2, 0.25) is 5.95 Å². The third-order valence-electron chi connectivity index (χ3n) is 5.18. The molecule has 0 amide bonds. The van der Waals surface area contributed by atoms with E-state index in [0.29, 0.717) is 21.9 Å². The van der Waals surface area contributed by atoms with Gasteiger partial charge in [-0.3, -0.25) is 9.69 Å². The number of halogens is 1. The number of hydrogen-bond donors (Lipinski definition) is 3. The Bertz CT molecular complexity index is 1100. The van der Waals surface area contributed by atoms with Crippen LogP contribution in [0.3, 0.4) is 0 Å². The van der Waals surface area contributed by atoms with Gasteiger partial charge in [-0.2, -0.15) is 4.98 Å². The molecule has 1 fully saturated rings. The number of nitrogens with one attached hydrogen (secondary N) is 2. The largest absolute Gasteiger partial charge is 0.381 e. The van der Waals surface area contributed by atoms with E-state index < -0.39 is 0 Å². The third-order valence-corrected chi connectivity index (χ3v) is 5.76. The number of aromatic nitrogens is 3. The fourth-order valence-corrected chi connectivity index (χ4v) is 3.66. The van der Waals surface area contributed by atoms with Gasteiger partial charge in [-0.25, -0.2) is 4.98 Å². The Kier molecular flexibility index (Phi) is 6.50. The van der Waals surface area contributed by atoms with Crippen molar-refractivity contribution in [2.75, 3.05) is 48.4 Å². The van der Waals surface area contributed by atoms with Crippen molar-refractivity contribution < 1.29 is 5.11 Å². The maximum Gasteiger partial charge on any atom is 0.274 e. The van der Waals surface area contributed by atoms with Gasteiger partial charge >= 0.3 is 0 Å². The van der Waals surface area contributed by atoms with Crippen molar-refractivity contribution in [2.24, 2.45) is 7.05 Å². The Hall–Kier alpha value is -2.95. The molecule has 3 heterocycles. The summed E-state index contributed by atoms with van der Waals surface area (Å²) < 4.78 is 2.16. The first kappa shape index (κ1) is 21.3. The quantitative estimate of drug-likeness (QED) is 0.489. The predicted molar refractivity (Wildman–Crippen MR) is 125 cm³/mol. The summed E-state index contributed by atoms with van der Waals surface area (Å²) in [7, 11) is 1.70. The van der Waals surface area contributed by atoms with Crippen LogP contribution in [-0.4, -0.2) is 57.5 Å². The van der Waals surface area contributed by atoms with Crippen molar-refractivity contribution in [3.05, 3.63) is 63.6 Å². The number of hydrogen-bond acceptors (Lipinski definition) is 8. The van der Waals surface area contributed by atoms with E-state index >= 15 is 0 Å². The molecule has 3 N–H and O–H groups in total. The minimum atomic E-state index is -0.141. The molecule has 3 aromatic rings. The number of rotatable bonds is 6. The molecule has 162 valence electrons. The van der Waals surface area contributed by atoms with Gasteiger partial charge in [0, 0.05) is 57.0 Å². The molecule has 1 saturated heterocycles. The number of aryl methyl sites for hydroxylation is 1. The summed E-state index contributed by atoms with van der Waals surface area (Å²) in [6, 6.07) is 11.6. The van der Waals surface area contributed by atoms with E-state index in [1.807, 2.05) is 17.0 Å². The van der Waals surface area contributed by atoms with Crippen LogP contribution in [0.15, 0.2) is 58.1 Å². The van der Waals surface area contributed by atoms with E-state index in [1.54, 1.807) is 31.6 Å². The standard InChI is InChI=1S/C21H24BrN7O2/c1-27-8-2-3-18(20(27)31)25-19-17(22)13-23-21(26-19)24-15-4-6-16(7-5-15)29-11-9-28(14-30)10-12-29/h2-8,13,30H,9-12,14H2,1H3,(H2,23,24,25,26). The van der Waals surface area contributed by atoms with Gasteiger partial charge in [0.1, 0.15) is 5.69 Å². The number of piperazine rings is 1. The Morgan fingerprint density at radius 3 is 2.55 bits per heavy atom. The lowest BCUT2D eigenvalue weighted by Crippen LogP contribution is -2.46. The van der Waals surface area contributed by atoms with Crippen molar-refractivity contribution in [1.29, 1.82) is 0 Å². The maximum absolute atomic E-state index is 12.3. The predicted octanol–water partition coefficient (Wildman–Crippen LogP) is 2.50. The van der Waals surface area contributed by atoms with E-state index in [1.165, 1.54) is 4.57 Å². The summed E-state index contributed by atoms with van der Waals surface area (Å²) in [6.07, 6.45) is 3.34. The SMILES string of the molecule is Cn1cccc(Nc2nc(Nc3ccc(N4CCN(CO)CC4)cc3)ncc2Br)c1=O. The fourth-order valence-electron chi connectivity index (χ4n) is 3.37. The molecule has 0 aliphatic carbocycles. The molecule has 2 aromatic heterocycles. The second-order valence-corrected chi connectivity index (χ2v) is 8.13. The van der Waals surface area contributed by atoms with Crippen molar-refractivity contribution in [3.63, 3.8) is 0 Å². The molecular weight excluding hydrogens is 462 g/mol.